The molecule has 0 saturated heterocycles. The van der Waals surface area contributed by atoms with E-state index in [2.05, 4.69) is 4.98 Å². The Morgan fingerprint density at radius 1 is 1.50 bits per heavy atom. The summed E-state index contributed by atoms with van der Waals surface area (Å²) >= 11 is 0. The molecule has 22 heavy (non-hydrogen) atoms. The van der Waals surface area contributed by atoms with Gasteiger partial charge >= 0.3 is 0 Å². The molecule has 7 nitrogen and oxygen atoms in total. The van der Waals surface area contributed by atoms with Crippen LogP contribution in [0.15, 0.2) is 24.3 Å². The highest BCUT2D eigenvalue weighted by molar-refractivity contribution is 5.88. The van der Waals surface area contributed by atoms with E-state index in [0.717, 1.165) is 6.29 Å². The largest absolute Gasteiger partial charge is 0.370 e. The number of benzene rings is 1. The van der Waals surface area contributed by atoms with E-state index in [4.69, 9.17) is 5.73 Å². The van der Waals surface area contributed by atoms with E-state index in [9.17, 15) is 19.7 Å². The number of nitrogens with two attached hydrogens (primary N) is 1. The molecule has 1 aromatic carbocycles. The molecule has 1 heterocycles. The molecule has 114 valence electrons. The van der Waals surface area contributed by atoms with Crippen LogP contribution in [-0.4, -0.2) is 22.1 Å². The molecular weight excluding hydrogens is 286 g/mol. The average Bonchev–Trinajstić information content (AvgIpc) is 2.47. The third-order valence-electron chi connectivity index (χ3n) is 3.52. The Morgan fingerprint density at radius 3 is 2.82 bits per heavy atom. The fourth-order valence-corrected chi connectivity index (χ4v) is 2.41. The predicted molar refractivity (Wildman–Crippen MR) is 80.4 cm³/mol. The molecule has 1 unspecified atom stereocenters. The number of pyridine rings is 1. The molecule has 2 rings (SSSR count). The molecule has 0 bridgehead atoms. The number of rotatable bonds is 6. The van der Waals surface area contributed by atoms with Crippen molar-refractivity contribution < 1.29 is 14.5 Å². The van der Waals surface area contributed by atoms with E-state index in [1.54, 1.807) is 25.1 Å². The Morgan fingerprint density at radius 2 is 2.23 bits per heavy atom. The van der Waals surface area contributed by atoms with E-state index < -0.39 is 16.7 Å². The highest BCUT2D eigenvalue weighted by Gasteiger charge is 2.19. The molecule has 0 aliphatic heterocycles. The zero-order valence-electron chi connectivity index (χ0n) is 12.0. The molecule has 2 aromatic rings. The lowest BCUT2D eigenvalue weighted by atomic mass is 9.93. The van der Waals surface area contributed by atoms with Crippen molar-refractivity contribution >= 4 is 28.8 Å². The first kappa shape index (κ1) is 15.6. The van der Waals surface area contributed by atoms with Gasteiger partial charge in [-0.2, -0.15) is 0 Å². The van der Waals surface area contributed by atoms with Crippen molar-refractivity contribution in [3.8, 4) is 0 Å². The van der Waals surface area contributed by atoms with Crippen molar-refractivity contribution in [3.05, 3.63) is 45.6 Å². The van der Waals surface area contributed by atoms with Crippen molar-refractivity contribution in [2.24, 2.45) is 5.73 Å². The average molecular weight is 301 g/mol. The second-order valence-corrected chi connectivity index (χ2v) is 5.02. The lowest BCUT2D eigenvalue weighted by Gasteiger charge is -2.13. The maximum Gasteiger partial charge on any atom is 0.295 e. The van der Waals surface area contributed by atoms with E-state index in [1.807, 2.05) is 0 Å². The van der Waals surface area contributed by atoms with Crippen molar-refractivity contribution in [3.63, 3.8) is 0 Å². The van der Waals surface area contributed by atoms with Crippen LogP contribution < -0.4 is 5.73 Å². The number of para-hydroxylation sites is 1. The van der Waals surface area contributed by atoms with Crippen LogP contribution in [-0.2, 0) is 9.59 Å². The summed E-state index contributed by atoms with van der Waals surface area (Å²) in [5.74, 6) is -0.988. The minimum absolute atomic E-state index is 0.0769. The topological polar surface area (TPSA) is 116 Å². The van der Waals surface area contributed by atoms with Crippen LogP contribution in [0.25, 0.3) is 10.9 Å². The number of primary amides is 1. The number of nitrogens with zero attached hydrogens (tertiary/aromatic N) is 2. The zero-order chi connectivity index (χ0) is 16.3. The minimum atomic E-state index is -0.510. The number of nitro benzene ring substituents is 1. The van der Waals surface area contributed by atoms with Crippen LogP contribution in [0.1, 0.15) is 30.0 Å². The van der Waals surface area contributed by atoms with Crippen molar-refractivity contribution in [1.82, 2.24) is 4.98 Å². The van der Waals surface area contributed by atoms with Gasteiger partial charge in [-0.05, 0) is 25.0 Å². The number of carbonyl (C=O) groups is 2. The minimum Gasteiger partial charge on any atom is -0.370 e. The quantitative estimate of drug-likeness (QED) is 0.497. The molecule has 0 saturated carbocycles. The third-order valence-corrected chi connectivity index (χ3v) is 3.52. The number of carbonyl (C=O) groups excluding carboxylic acids is 2. The zero-order valence-corrected chi connectivity index (χ0v) is 12.0. The van der Waals surface area contributed by atoms with Crippen LogP contribution in [0.4, 0.5) is 5.69 Å². The van der Waals surface area contributed by atoms with Crippen LogP contribution in [0, 0.1) is 17.0 Å². The van der Waals surface area contributed by atoms with Crippen LogP contribution in [0.3, 0.4) is 0 Å². The van der Waals surface area contributed by atoms with Gasteiger partial charge in [0.05, 0.1) is 4.92 Å². The summed E-state index contributed by atoms with van der Waals surface area (Å²) in [4.78, 5) is 37.0. The van der Waals surface area contributed by atoms with Crippen LogP contribution in [0.2, 0.25) is 0 Å². The van der Waals surface area contributed by atoms with E-state index in [-0.39, 0.29) is 17.6 Å². The maximum absolute atomic E-state index is 11.3. The van der Waals surface area contributed by atoms with Crippen LogP contribution >= 0.6 is 0 Å². The highest BCUT2D eigenvalue weighted by atomic mass is 16.6. The molecule has 0 radical (unpaired) electrons. The standard InChI is InChI=1S/C15H15N3O4/c1-9-12(11(8-19)5-6-14(16)20)7-10-3-2-4-13(18(21)22)15(10)17-9/h2-4,7-8,11H,5-6H2,1H3,(H2,16,20). The van der Waals surface area contributed by atoms with Gasteiger partial charge in [0.2, 0.25) is 5.91 Å². The fourth-order valence-electron chi connectivity index (χ4n) is 2.41. The Kier molecular flexibility index (Phi) is 4.45. The summed E-state index contributed by atoms with van der Waals surface area (Å²) < 4.78 is 0. The second kappa shape index (κ2) is 6.30. The number of aryl methyl sites for hydroxylation is 1. The molecule has 0 spiro atoms. The lowest BCUT2D eigenvalue weighted by molar-refractivity contribution is -0.383. The molecule has 7 heteroatoms. The number of hydrogen-bond donors (Lipinski definition) is 1. The number of aromatic nitrogens is 1. The van der Waals surface area contributed by atoms with E-state index in [1.165, 1.54) is 6.07 Å². The van der Waals surface area contributed by atoms with Gasteiger partial charge in [-0.3, -0.25) is 14.9 Å². The van der Waals surface area contributed by atoms with E-state index in [0.29, 0.717) is 23.1 Å². The summed E-state index contributed by atoms with van der Waals surface area (Å²) in [5.41, 5.74) is 6.51. The number of nitro groups is 1. The highest BCUT2D eigenvalue weighted by Crippen LogP contribution is 2.29. The van der Waals surface area contributed by atoms with Gasteiger partial charge in [0.15, 0.2) is 0 Å². The number of aldehydes is 1. The monoisotopic (exact) mass is 301 g/mol. The molecular formula is C15H15N3O4. The molecule has 1 atom stereocenters. The van der Waals surface area contributed by atoms with Crippen molar-refractivity contribution in [2.45, 2.75) is 25.7 Å². The molecule has 1 amide bonds. The molecule has 1 aromatic heterocycles. The second-order valence-electron chi connectivity index (χ2n) is 5.02. The number of non-ortho nitro benzene ring substituents is 1. The fraction of sp³-hybridized carbons (Fsp3) is 0.267. The first-order valence-electron chi connectivity index (χ1n) is 6.72. The van der Waals surface area contributed by atoms with Gasteiger partial charge in [-0.1, -0.05) is 12.1 Å². The Bertz CT molecular complexity index is 758. The molecule has 0 fully saturated rings. The van der Waals surface area contributed by atoms with Crippen molar-refractivity contribution in [1.29, 1.82) is 0 Å². The van der Waals surface area contributed by atoms with Gasteiger partial charge in [0, 0.05) is 29.5 Å². The van der Waals surface area contributed by atoms with Gasteiger partial charge in [0.1, 0.15) is 11.8 Å². The first-order chi connectivity index (χ1) is 10.4. The summed E-state index contributed by atoms with van der Waals surface area (Å²) in [5, 5.41) is 11.6. The van der Waals surface area contributed by atoms with Gasteiger partial charge in [0.25, 0.3) is 5.69 Å². The Labute approximate surface area is 126 Å². The SMILES string of the molecule is Cc1nc2c([N+](=O)[O-])cccc2cc1C(C=O)CCC(N)=O. The summed E-state index contributed by atoms with van der Waals surface area (Å²) in [6, 6.07) is 6.37. The Balaban J connectivity index is 2.51. The van der Waals surface area contributed by atoms with E-state index >= 15 is 0 Å². The van der Waals surface area contributed by atoms with Crippen LogP contribution in [0.5, 0.6) is 0 Å². The molecule has 0 aliphatic rings. The number of hydrogen-bond acceptors (Lipinski definition) is 5. The molecule has 2 N–H and O–H groups in total. The van der Waals surface area contributed by atoms with Gasteiger partial charge in [-0.15, -0.1) is 0 Å². The summed E-state index contributed by atoms with van der Waals surface area (Å²) in [7, 11) is 0. The predicted octanol–water partition coefficient (Wildman–Crippen LogP) is 2.00. The smallest absolute Gasteiger partial charge is 0.295 e. The first-order valence-corrected chi connectivity index (χ1v) is 6.72. The van der Waals surface area contributed by atoms with Crippen molar-refractivity contribution in [2.75, 3.05) is 0 Å². The van der Waals surface area contributed by atoms with Gasteiger partial charge in [-0.25, -0.2) is 4.98 Å². The third kappa shape index (κ3) is 3.08. The summed E-state index contributed by atoms with van der Waals surface area (Å²) in [6.07, 6.45) is 1.13. The Hall–Kier alpha value is -2.83. The number of amides is 1. The summed E-state index contributed by atoms with van der Waals surface area (Å²) in [6.45, 7) is 1.69. The van der Waals surface area contributed by atoms with Gasteiger partial charge < -0.3 is 10.5 Å². The lowest BCUT2D eigenvalue weighted by Crippen LogP contribution is -2.13. The molecule has 0 aliphatic carbocycles. The number of fused-ring (bicyclic) bond motifs is 1. The maximum atomic E-state index is 11.3. The normalized spacial score (nSPS) is 12.0.